The van der Waals surface area contributed by atoms with Crippen molar-refractivity contribution < 1.29 is 13.2 Å². The van der Waals surface area contributed by atoms with Gasteiger partial charge in [0.2, 0.25) is 10.0 Å². The highest BCUT2D eigenvalue weighted by Crippen LogP contribution is 2.32. The lowest BCUT2D eigenvalue weighted by Crippen LogP contribution is -2.14. The van der Waals surface area contributed by atoms with Crippen molar-refractivity contribution in [2.24, 2.45) is 5.14 Å². The van der Waals surface area contributed by atoms with Crippen LogP contribution in [0.5, 0.6) is 11.5 Å². The molecule has 0 fully saturated rings. The van der Waals surface area contributed by atoms with E-state index < -0.39 is 10.0 Å². The molecule has 0 bridgehead atoms. The summed E-state index contributed by atoms with van der Waals surface area (Å²) in [6, 6.07) is 10.1. The van der Waals surface area contributed by atoms with E-state index in [1.807, 2.05) is 26.0 Å². The van der Waals surface area contributed by atoms with Gasteiger partial charge >= 0.3 is 0 Å². The summed E-state index contributed by atoms with van der Waals surface area (Å²) in [6.07, 6.45) is 0. The van der Waals surface area contributed by atoms with Crippen LogP contribution in [0.25, 0.3) is 0 Å². The third-order valence-electron chi connectivity index (χ3n) is 3.04. The lowest BCUT2D eigenvalue weighted by atomic mass is 10.1. The Hall–Kier alpha value is -2.05. The van der Waals surface area contributed by atoms with Crippen molar-refractivity contribution >= 4 is 15.7 Å². The van der Waals surface area contributed by atoms with Crippen molar-refractivity contribution in [3.63, 3.8) is 0 Å². The minimum absolute atomic E-state index is 0.00762. The summed E-state index contributed by atoms with van der Waals surface area (Å²) in [5.41, 5.74) is 8.02. The minimum atomic E-state index is -3.87. The molecule has 0 atom stereocenters. The maximum absolute atomic E-state index is 11.4. The van der Waals surface area contributed by atoms with Gasteiger partial charge in [-0.2, -0.15) is 0 Å². The first-order chi connectivity index (χ1) is 9.29. The lowest BCUT2D eigenvalue weighted by Gasteiger charge is -2.12. The summed E-state index contributed by atoms with van der Waals surface area (Å²) < 4.78 is 28.4. The number of hydrogen-bond acceptors (Lipinski definition) is 4. The minimum Gasteiger partial charge on any atom is -0.455 e. The fourth-order valence-corrected chi connectivity index (χ4v) is 2.44. The maximum atomic E-state index is 11.4. The Bertz CT molecular complexity index is 755. The van der Waals surface area contributed by atoms with Crippen LogP contribution in [0.1, 0.15) is 11.1 Å². The second-order valence-corrected chi connectivity index (χ2v) is 6.09. The van der Waals surface area contributed by atoms with E-state index in [-0.39, 0.29) is 16.3 Å². The molecule has 0 aliphatic rings. The van der Waals surface area contributed by atoms with Gasteiger partial charge in [-0.25, -0.2) is 13.6 Å². The van der Waals surface area contributed by atoms with Gasteiger partial charge in [0.15, 0.2) is 5.75 Å². The first kappa shape index (κ1) is 14.4. The van der Waals surface area contributed by atoms with E-state index in [4.69, 9.17) is 15.6 Å². The summed E-state index contributed by atoms with van der Waals surface area (Å²) in [5, 5.41) is 5.10. The Morgan fingerprint density at radius 3 is 2.35 bits per heavy atom. The molecule has 0 aromatic heterocycles. The van der Waals surface area contributed by atoms with E-state index in [1.165, 1.54) is 12.1 Å². The van der Waals surface area contributed by atoms with Crippen LogP contribution in [0.3, 0.4) is 0 Å². The quantitative estimate of drug-likeness (QED) is 0.849. The molecule has 2 aromatic carbocycles. The van der Waals surface area contributed by atoms with Crippen LogP contribution in [-0.4, -0.2) is 8.42 Å². The highest BCUT2D eigenvalue weighted by Gasteiger charge is 2.16. The summed E-state index contributed by atoms with van der Waals surface area (Å²) in [7, 11) is -3.87. The molecule has 0 heterocycles. The molecular weight excluding hydrogens is 276 g/mol. The van der Waals surface area contributed by atoms with Gasteiger partial charge in [-0.15, -0.1) is 0 Å². The maximum Gasteiger partial charge on any atom is 0.240 e. The van der Waals surface area contributed by atoms with Crippen molar-refractivity contribution in [1.82, 2.24) is 0 Å². The first-order valence-corrected chi connectivity index (χ1v) is 7.50. The SMILES string of the molecule is Cc1ccc(Oc2cccc(S(N)(=O)=O)c2N)cc1C. The van der Waals surface area contributed by atoms with Crippen LogP contribution in [0.15, 0.2) is 41.3 Å². The molecule has 2 rings (SSSR count). The van der Waals surface area contributed by atoms with Gasteiger partial charge in [-0.3, -0.25) is 0 Å². The highest BCUT2D eigenvalue weighted by atomic mass is 32.2. The molecule has 0 spiro atoms. The second-order valence-electron chi connectivity index (χ2n) is 4.56. The summed E-state index contributed by atoms with van der Waals surface area (Å²) in [4.78, 5) is -0.140. The van der Waals surface area contributed by atoms with E-state index in [1.54, 1.807) is 12.1 Å². The molecule has 0 amide bonds. The molecule has 0 aliphatic carbocycles. The Balaban J connectivity index is 2.42. The molecule has 5 nitrogen and oxygen atoms in total. The van der Waals surface area contributed by atoms with Crippen LogP contribution < -0.4 is 15.6 Å². The predicted octanol–water partition coefficient (Wildman–Crippen LogP) is 2.33. The number of nitrogen functional groups attached to an aromatic ring is 1. The van der Waals surface area contributed by atoms with Crippen LogP contribution in [0.4, 0.5) is 5.69 Å². The molecule has 6 heteroatoms. The Labute approximate surface area is 118 Å². The summed E-state index contributed by atoms with van der Waals surface area (Å²) >= 11 is 0. The number of aryl methyl sites for hydroxylation is 2. The third-order valence-corrected chi connectivity index (χ3v) is 4.01. The average Bonchev–Trinajstić information content (AvgIpc) is 2.35. The van der Waals surface area contributed by atoms with E-state index in [9.17, 15) is 8.42 Å². The van der Waals surface area contributed by atoms with E-state index in [0.717, 1.165) is 11.1 Å². The standard InChI is InChI=1S/C14H16N2O3S/c1-9-6-7-11(8-10(9)2)19-12-4-3-5-13(14(12)15)20(16,17)18/h3-8H,15H2,1-2H3,(H2,16,17,18). The van der Waals surface area contributed by atoms with Gasteiger partial charge in [0, 0.05) is 0 Å². The normalized spacial score (nSPS) is 11.3. The molecule has 2 aromatic rings. The lowest BCUT2D eigenvalue weighted by molar-refractivity contribution is 0.483. The molecule has 106 valence electrons. The van der Waals surface area contributed by atoms with Crippen molar-refractivity contribution in [2.75, 3.05) is 5.73 Å². The zero-order valence-electron chi connectivity index (χ0n) is 11.3. The fourth-order valence-electron chi connectivity index (χ4n) is 1.77. The van der Waals surface area contributed by atoms with Gasteiger partial charge in [-0.05, 0) is 49.2 Å². The van der Waals surface area contributed by atoms with E-state index in [2.05, 4.69) is 0 Å². The molecule has 0 aliphatic heterocycles. The number of primary sulfonamides is 1. The summed E-state index contributed by atoms with van der Waals surface area (Å²) in [5.74, 6) is 0.853. The number of rotatable bonds is 3. The highest BCUT2D eigenvalue weighted by molar-refractivity contribution is 7.89. The monoisotopic (exact) mass is 292 g/mol. The van der Waals surface area contributed by atoms with E-state index >= 15 is 0 Å². The van der Waals surface area contributed by atoms with E-state index in [0.29, 0.717) is 5.75 Å². The molecule has 0 saturated carbocycles. The van der Waals surface area contributed by atoms with Gasteiger partial charge in [-0.1, -0.05) is 12.1 Å². The zero-order valence-corrected chi connectivity index (χ0v) is 12.1. The topological polar surface area (TPSA) is 95.4 Å². The first-order valence-electron chi connectivity index (χ1n) is 5.95. The van der Waals surface area contributed by atoms with Gasteiger partial charge < -0.3 is 10.5 Å². The van der Waals surface area contributed by atoms with Crippen molar-refractivity contribution in [2.45, 2.75) is 18.7 Å². The van der Waals surface area contributed by atoms with Crippen LogP contribution in [0, 0.1) is 13.8 Å². The molecule has 20 heavy (non-hydrogen) atoms. The molecule has 4 N–H and O–H groups in total. The molecule has 0 saturated heterocycles. The zero-order chi connectivity index (χ0) is 14.9. The number of hydrogen-bond donors (Lipinski definition) is 2. The Morgan fingerprint density at radius 2 is 1.75 bits per heavy atom. The summed E-state index contributed by atoms with van der Waals surface area (Å²) in [6.45, 7) is 3.96. The number of benzene rings is 2. The smallest absolute Gasteiger partial charge is 0.240 e. The van der Waals surface area contributed by atoms with Gasteiger partial charge in [0.25, 0.3) is 0 Å². The number of nitrogens with two attached hydrogens (primary N) is 2. The number of ether oxygens (including phenoxy) is 1. The molecular formula is C14H16N2O3S. The number of para-hydroxylation sites is 1. The second kappa shape index (κ2) is 5.15. The van der Waals surface area contributed by atoms with Crippen molar-refractivity contribution in [3.05, 3.63) is 47.5 Å². The van der Waals surface area contributed by atoms with Crippen molar-refractivity contribution in [1.29, 1.82) is 0 Å². The number of anilines is 1. The van der Waals surface area contributed by atoms with Gasteiger partial charge in [0.05, 0.1) is 5.69 Å². The third kappa shape index (κ3) is 2.92. The van der Waals surface area contributed by atoms with Crippen molar-refractivity contribution in [3.8, 4) is 11.5 Å². The fraction of sp³-hybridized carbons (Fsp3) is 0.143. The predicted molar refractivity (Wildman–Crippen MR) is 78.2 cm³/mol. The van der Waals surface area contributed by atoms with Crippen LogP contribution >= 0.6 is 0 Å². The average molecular weight is 292 g/mol. The van der Waals surface area contributed by atoms with Crippen LogP contribution in [0.2, 0.25) is 0 Å². The Morgan fingerprint density at radius 1 is 1.05 bits per heavy atom. The molecule has 0 unspecified atom stereocenters. The largest absolute Gasteiger partial charge is 0.455 e. The number of sulfonamides is 1. The molecule has 0 radical (unpaired) electrons. The Kier molecular flexibility index (Phi) is 3.69. The van der Waals surface area contributed by atoms with Gasteiger partial charge in [0.1, 0.15) is 10.6 Å². The van der Waals surface area contributed by atoms with Crippen LogP contribution in [-0.2, 0) is 10.0 Å².